The van der Waals surface area contributed by atoms with Crippen LogP contribution in [0.1, 0.15) is 25.2 Å². The van der Waals surface area contributed by atoms with E-state index in [4.69, 9.17) is 21.1 Å². The van der Waals surface area contributed by atoms with Crippen molar-refractivity contribution in [2.24, 2.45) is 13.0 Å². The van der Waals surface area contributed by atoms with Gasteiger partial charge in [-0.05, 0) is 11.6 Å². The Kier molecular flexibility index (Phi) is 4.93. The molecule has 2 aromatic heterocycles. The number of halogens is 1. The minimum atomic E-state index is -0.578. The quantitative estimate of drug-likeness (QED) is 0.734. The normalized spacial score (nSPS) is 17.0. The van der Waals surface area contributed by atoms with Gasteiger partial charge in [-0.25, -0.2) is 4.98 Å². The minimum Gasteiger partial charge on any atom is -0.459 e. The van der Waals surface area contributed by atoms with Crippen molar-refractivity contribution in [1.82, 2.24) is 19.7 Å². The first-order valence-electron chi connectivity index (χ1n) is 8.08. The van der Waals surface area contributed by atoms with Crippen LogP contribution in [-0.4, -0.2) is 39.1 Å². The second kappa shape index (κ2) is 6.98. The van der Waals surface area contributed by atoms with Gasteiger partial charge in [-0.1, -0.05) is 25.4 Å². The van der Waals surface area contributed by atoms with E-state index in [1.54, 1.807) is 6.33 Å². The van der Waals surface area contributed by atoms with Gasteiger partial charge >= 0.3 is 0 Å². The van der Waals surface area contributed by atoms with Crippen LogP contribution in [-0.2, 0) is 23.6 Å². The Morgan fingerprint density at radius 2 is 2.20 bits per heavy atom. The second-order valence-corrected chi connectivity index (χ2v) is 7.12. The molecule has 2 aromatic rings. The zero-order valence-corrected chi connectivity index (χ0v) is 15.2. The number of nitrogens with zero attached hydrogens (tertiary/aromatic N) is 5. The lowest BCUT2D eigenvalue weighted by Crippen LogP contribution is -2.49. The highest BCUT2D eigenvalue weighted by atomic mass is 35.5. The van der Waals surface area contributed by atoms with Crippen molar-refractivity contribution >= 4 is 11.6 Å². The average molecular weight is 362 g/mol. The molecule has 0 aliphatic carbocycles. The maximum atomic E-state index is 9.24. The summed E-state index contributed by atoms with van der Waals surface area (Å²) in [4.78, 5) is 4.21. The van der Waals surface area contributed by atoms with E-state index in [-0.39, 0.29) is 11.3 Å². The van der Waals surface area contributed by atoms with Gasteiger partial charge in [-0.3, -0.25) is 0 Å². The Morgan fingerprint density at radius 1 is 1.44 bits per heavy atom. The van der Waals surface area contributed by atoms with Gasteiger partial charge in [0.25, 0.3) is 0 Å². The Morgan fingerprint density at radius 3 is 2.72 bits per heavy atom. The molecule has 0 radical (unpaired) electrons. The standard InChI is InChI=1S/C17H20ClN5O2/c1-11(2)13(7-19)25-16-5-12(4-14(18)21-16)17(8-24-9-17)6-15-22-20-10-23(15)3/h4-5,10-11,13H,6,8-9H2,1-3H3. The van der Waals surface area contributed by atoms with E-state index >= 15 is 0 Å². The third kappa shape index (κ3) is 3.60. The highest BCUT2D eigenvalue weighted by molar-refractivity contribution is 6.29. The van der Waals surface area contributed by atoms with E-state index in [1.165, 1.54) is 0 Å². The number of aromatic nitrogens is 4. The van der Waals surface area contributed by atoms with E-state index in [0.717, 1.165) is 11.4 Å². The molecule has 0 saturated carbocycles. The van der Waals surface area contributed by atoms with Gasteiger partial charge in [0.1, 0.15) is 23.4 Å². The molecular formula is C17H20ClN5O2. The molecule has 0 bridgehead atoms. The molecule has 0 N–H and O–H groups in total. The zero-order valence-electron chi connectivity index (χ0n) is 14.4. The maximum Gasteiger partial charge on any atom is 0.216 e. The number of aryl methyl sites for hydroxylation is 1. The van der Waals surface area contributed by atoms with Crippen LogP contribution in [0.25, 0.3) is 0 Å². The van der Waals surface area contributed by atoms with Crippen molar-refractivity contribution in [3.05, 3.63) is 35.0 Å². The summed E-state index contributed by atoms with van der Waals surface area (Å²) < 4.78 is 13.1. The second-order valence-electron chi connectivity index (χ2n) is 6.74. The van der Waals surface area contributed by atoms with E-state index in [9.17, 15) is 5.26 Å². The number of hydrogen-bond acceptors (Lipinski definition) is 6. The average Bonchev–Trinajstić information content (AvgIpc) is 2.92. The molecule has 1 fully saturated rings. The van der Waals surface area contributed by atoms with Crippen molar-refractivity contribution in [2.45, 2.75) is 31.8 Å². The highest BCUT2D eigenvalue weighted by Crippen LogP contribution is 2.37. The smallest absolute Gasteiger partial charge is 0.216 e. The lowest BCUT2D eigenvalue weighted by atomic mass is 9.76. The van der Waals surface area contributed by atoms with Crippen LogP contribution in [0, 0.1) is 17.2 Å². The Bertz CT molecular complexity index is 795. The molecule has 8 heteroatoms. The van der Waals surface area contributed by atoms with Crippen molar-refractivity contribution in [1.29, 1.82) is 5.26 Å². The molecule has 1 saturated heterocycles. The van der Waals surface area contributed by atoms with Crippen molar-refractivity contribution in [3.63, 3.8) is 0 Å². The first kappa shape index (κ1) is 17.6. The number of nitriles is 1. The predicted octanol–water partition coefficient (Wildman–Crippen LogP) is 2.30. The fraction of sp³-hybridized carbons (Fsp3) is 0.529. The summed E-state index contributed by atoms with van der Waals surface area (Å²) in [6, 6.07) is 5.82. The fourth-order valence-corrected chi connectivity index (χ4v) is 2.97. The molecule has 1 unspecified atom stereocenters. The Hall–Kier alpha value is -2.17. The molecule has 0 amide bonds. The van der Waals surface area contributed by atoms with Crippen LogP contribution < -0.4 is 4.74 Å². The van der Waals surface area contributed by atoms with Crippen molar-refractivity contribution in [2.75, 3.05) is 13.2 Å². The molecule has 3 rings (SSSR count). The van der Waals surface area contributed by atoms with Crippen molar-refractivity contribution < 1.29 is 9.47 Å². The SMILES string of the molecule is CC(C)C(C#N)Oc1cc(C2(Cc3nncn3C)COC2)cc(Cl)n1. The monoisotopic (exact) mass is 361 g/mol. The molecule has 1 atom stereocenters. The summed E-state index contributed by atoms with van der Waals surface area (Å²) in [5.74, 6) is 1.27. The minimum absolute atomic E-state index is 0.0499. The number of hydrogen-bond donors (Lipinski definition) is 0. The third-order valence-corrected chi connectivity index (χ3v) is 4.62. The van der Waals surface area contributed by atoms with E-state index in [0.29, 0.717) is 30.7 Å². The van der Waals surface area contributed by atoms with Gasteiger partial charge in [0.15, 0.2) is 6.10 Å². The molecule has 7 nitrogen and oxygen atoms in total. The predicted molar refractivity (Wildman–Crippen MR) is 91.3 cm³/mol. The molecule has 0 aromatic carbocycles. The van der Waals surface area contributed by atoms with Gasteiger partial charge in [0, 0.05) is 30.9 Å². The van der Waals surface area contributed by atoms with Gasteiger partial charge in [-0.2, -0.15) is 5.26 Å². The van der Waals surface area contributed by atoms with E-state index < -0.39 is 6.10 Å². The first-order valence-corrected chi connectivity index (χ1v) is 8.46. The topological polar surface area (TPSA) is 85.8 Å². The Labute approximate surface area is 151 Å². The van der Waals surface area contributed by atoms with E-state index in [1.807, 2.05) is 37.6 Å². The lowest BCUT2D eigenvalue weighted by molar-refractivity contribution is -0.0612. The van der Waals surface area contributed by atoms with Gasteiger partial charge in [0.05, 0.1) is 13.2 Å². The van der Waals surface area contributed by atoms with Crippen LogP contribution >= 0.6 is 11.6 Å². The molecule has 0 spiro atoms. The molecule has 1 aliphatic heterocycles. The number of rotatable bonds is 6. The van der Waals surface area contributed by atoms with Crippen LogP contribution in [0.2, 0.25) is 5.15 Å². The van der Waals surface area contributed by atoms with Gasteiger partial charge in [-0.15, -0.1) is 10.2 Å². The Balaban J connectivity index is 1.90. The van der Waals surface area contributed by atoms with Crippen LogP contribution in [0.5, 0.6) is 5.88 Å². The third-order valence-electron chi connectivity index (χ3n) is 4.42. The van der Waals surface area contributed by atoms with Crippen LogP contribution in [0.4, 0.5) is 0 Å². The summed E-state index contributed by atoms with van der Waals surface area (Å²) in [5.41, 5.74) is 0.725. The largest absolute Gasteiger partial charge is 0.459 e. The fourth-order valence-electron chi connectivity index (χ4n) is 2.77. The number of ether oxygens (including phenoxy) is 2. The summed E-state index contributed by atoms with van der Waals surface area (Å²) >= 11 is 6.21. The van der Waals surface area contributed by atoms with Crippen LogP contribution in [0.15, 0.2) is 18.5 Å². The molecule has 3 heterocycles. The summed E-state index contributed by atoms with van der Waals surface area (Å²) in [6.45, 7) is 4.97. The maximum absolute atomic E-state index is 9.24. The van der Waals surface area contributed by atoms with Crippen molar-refractivity contribution in [3.8, 4) is 11.9 Å². The highest BCUT2D eigenvalue weighted by Gasteiger charge is 2.42. The zero-order chi connectivity index (χ0) is 18.0. The molecule has 25 heavy (non-hydrogen) atoms. The molecule has 132 valence electrons. The molecular weight excluding hydrogens is 342 g/mol. The summed E-state index contributed by atoms with van der Waals surface area (Å²) in [6.07, 6.45) is 1.78. The first-order chi connectivity index (χ1) is 11.9. The number of pyridine rings is 1. The van der Waals surface area contributed by atoms with E-state index in [2.05, 4.69) is 21.3 Å². The van der Waals surface area contributed by atoms with Gasteiger partial charge < -0.3 is 14.0 Å². The van der Waals surface area contributed by atoms with Crippen LogP contribution in [0.3, 0.4) is 0 Å². The molecule has 1 aliphatic rings. The van der Waals surface area contributed by atoms with Gasteiger partial charge in [0.2, 0.25) is 5.88 Å². The lowest BCUT2D eigenvalue weighted by Gasteiger charge is -2.41. The summed E-state index contributed by atoms with van der Waals surface area (Å²) in [7, 11) is 1.91. The summed E-state index contributed by atoms with van der Waals surface area (Å²) in [5, 5.41) is 17.7.